The Hall–Kier alpha value is -1.94. The van der Waals surface area contributed by atoms with Crippen LogP contribution in [-0.4, -0.2) is 22.2 Å². The fourth-order valence-corrected chi connectivity index (χ4v) is 2.13. The highest BCUT2D eigenvalue weighted by Crippen LogP contribution is 2.41. The highest BCUT2D eigenvalue weighted by Gasteiger charge is 2.28. The number of ether oxygens (including phenoxy) is 1. The molecule has 1 N–H and O–H groups in total. The number of nitrogens with zero attached hydrogens (tertiary/aromatic N) is 2. The van der Waals surface area contributed by atoms with Gasteiger partial charge in [0.25, 0.3) is 0 Å². The number of benzene rings is 1. The van der Waals surface area contributed by atoms with Gasteiger partial charge >= 0.3 is 0 Å². The molecule has 0 amide bonds. The van der Waals surface area contributed by atoms with Crippen LogP contribution in [0.4, 0.5) is 0 Å². The third-order valence-electron chi connectivity index (χ3n) is 3.38. The minimum atomic E-state index is 0.00866. The van der Waals surface area contributed by atoms with Gasteiger partial charge in [0, 0.05) is 23.2 Å². The summed E-state index contributed by atoms with van der Waals surface area (Å²) in [5.74, 6) is 2.03. The lowest BCUT2D eigenvalue weighted by Gasteiger charge is -2.08. The van der Waals surface area contributed by atoms with Crippen molar-refractivity contribution in [3.8, 4) is 17.1 Å². The van der Waals surface area contributed by atoms with Gasteiger partial charge in [-0.05, 0) is 37.1 Å². The summed E-state index contributed by atoms with van der Waals surface area (Å²) in [5, 5.41) is 9.33. The number of hydrogen-bond donors (Lipinski definition) is 1. The van der Waals surface area contributed by atoms with E-state index in [4.69, 9.17) is 4.74 Å². The van der Waals surface area contributed by atoms with Gasteiger partial charge in [-0.2, -0.15) is 0 Å². The second kappa shape index (κ2) is 4.97. The molecule has 1 heterocycles. The van der Waals surface area contributed by atoms with Crippen LogP contribution in [0, 0.1) is 0 Å². The van der Waals surface area contributed by atoms with Gasteiger partial charge in [-0.25, -0.2) is 9.97 Å². The average Bonchev–Trinajstić information content (AvgIpc) is 3.31. The van der Waals surface area contributed by atoms with Gasteiger partial charge < -0.3 is 9.84 Å². The highest BCUT2D eigenvalue weighted by molar-refractivity contribution is 5.56. The molecule has 1 aromatic heterocycles. The van der Waals surface area contributed by atoms with Crippen molar-refractivity contribution < 1.29 is 9.84 Å². The summed E-state index contributed by atoms with van der Waals surface area (Å²) in [6.45, 7) is 0.00866. The van der Waals surface area contributed by atoms with Gasteiger partial charge in [0.2, 0.25) is 0 Å². The minimum Gasteiger partial charge on any atom is -0.497 e. The fourth-order valence-electron chi connectivity index (χ4n) is 2.13. The maximum Gasteiger partial charge on any atom is 0.159 e. The predicted octanol–water partition coefficient (Wildman–Crippen LogP) is 2.52. The van der Waals surface area contributed by atoms with Crippen molar-refractivity contribution in [2.45, 2.75) is 25.4 Å². The van der Waals surface area contributed by atoms with Gasteiger partial charge in [0.1, 0.15) is 5.75 Å². The van der Waals surface area contributed by atoms with E-state index in [-0.39, 0.29) is 6.61 Å². The molecule has 1 fully saturated rings. The summed E-state index contributed by atoms with van der Waals surface area (Å²) >= 11 is 0. The molecule has 0 spiro atoms. The van der Waals surface area contributed by atoms with Gasteiger partial charge in [-0.3, -0.25) is 0 Å². The van der Waals surface area contributed by atoms with Crippen molar-refractivity contribution in [2.24, 2.45) is 0 Å². The van der Waals surface area contributed by atoms with Gasteiger partial charge in [0.15, 0.2) is 5.82 Å². The maximum atomic E-state index is 9.33. The standard InChI is InChI=1S/C15H16N2O2/c1-19-13-6-4-11(5-7-13)15-16-8-12(9-18)14(17-15)10-2-3-10/h4-8,10,18H,2-3,9H2,1H3. The lowest BCUT2D eigenvalue weighted by molar-refractivity contribution is 0.279. The Morgan fingerprint density at radius 3 is 2.58 bits per heavy atom. The molecule has 1 saturated carbocycles. The minimum absolute atomic E-state index is 0.00866. The smallest absolute Gasteiger partial charge is 0.159 e. The Labute approximate surface area is 112 Å². The molecule has 0 atom stereocenters. The van der Waals surface area contributed by atoms with Crippen LogP contribution in [0.25, 0.3) is 11.4 Å². The summed E-state index contributed by atoms with van der Waals surface area (Å²) in [6.07, 6.45) is 4.05. The first-order valence-corrected chi connectivity index (χ1v) is 6.43. The zero-order chi connectivity index (χ0) is 13.2. The van der Waals surface area contributed by atoms with Crippen molar-refractivity contribution in [1.82, 2.24) is 9.97 Å². The van der Waals surface area contributed by atoms with E-state index in [1.165, 1.54) is 0 Å². The first kappa shape index (κ1) is 12.1. The van der Waals surface area contributed by atoms with Crippen LogP contribution in [-0.2, 0) is 6.61 Å². The molecule has 0 bridgehead atoms. The van der Waals surface area contributed by atoms with Crippen molar-refractivity contribution in [3.05, 3.63) is 41.7 Å². The van der Waals surface area contributed by atoms with E-state index in [1.54, 1.807) is 13.3 Å². The number of rotatable bonds is 4. The zero-order valence-electron chi connectivity index (χ0n) is 10.8. The second-order valence-corrected chi connectivity index (χ2v) is 4.76. The fraction of sp³-hybridized carbons (Fsp3) is 0.333. The largest absolute Gasteiger partial charge is 0.497 e. The summed E-state index contributed by atoms with van der Waals surface area (Å²) in [6, 6.07) is 7.69. The molecule has 0 aliphatic heterocycles. The quantitative estimate of drug-likeness (QED) is 0.913. The van der Waals surface area contributed by atoms with E-state index < -0.39 is 0 Å². The Balaban J connectivity index is 1.97. The van der Waals surface area contributed by atoms with Crippen LogP contribution >= 0.6 is 0 Å². The number of hydrogen-bond acceptors (Lipinski definition) is 4. The van der Waals surface area contributed by atoms with Crippen molar-refractivity contribution in [1.29, 1.82) is 0 Å². The lowest BCUT2D eigenvalue weighted by Crippen LogP contribution is -2.00. The normalized spacial score (nSPS) is 14.4. The van der Waals surface area contributed by atoms with Crippen LogP contribution in [0.1, 0.15) is 30.0 Å². The Morgan fingerprint density at radius 1 is 1.26 bits per heavy atom. The molecular weight excluding hydrogens is 240 g/mol. The van der Waals surface area contributed by atoms with Gasteiger partial charge in [-0.15, -0.1) is 0 Å². The van der Waals surface area contributed by atoms with E-state index in [0.717, 1.165) is 35.4 Å². The first-order valence-electron chi connectivity index (χ1n) is 6.43. The van der Waals surface area contributed by atoms with E-state index >= 15 is 0 Å². The third-order valence-corrected chi connectivity index (χ3v) is 3.38. The second-order valence-electron chi connectivity index (χ2n) is 4.76. The van der Waals surface area contributed by atoms with Crippen LogP contribution in [0.3, 0.4) is 0 Å². The van der Waals surface area contributed by atoms with E-state index in [1.807, 2.05) is 24.3 Å². The molecule has 0 radical (unpaired) electrons. The Morgan fingerprint density at radius 2 is 2.00 bits per heavy atom. The molecule has 3 rings (SSSR count). The number of aliphatic hydroxyl groups is 1. The predicted molar refractivity (Wildman–Crippen MR) is 71.9 cm³/mol. The highest BCUT2D eigenvalue weighted by atomic mass is 16.5. The number of aliphatic hydroxyl groups excluding tert-OH is 1. The first-order chi connectivity index (χ1) is 9.31. The monoisotopic (exact) mass is 256 g/mol. The maximum absolute atomic E-state index is 9.33. The van der Waals surface area contributed by atoms with Gasteiger partial charge in [-0.1, -0.05) is 0 Å². The van der Waals surface area contributed by atoms with E-state index in [2.05, 4.69) is 9.97 Å². The zero-order valence-corrected chi connectivity index (χ0v) is 10.8. The molecular formula is C15H16N2O2. The Kier molecular flexibility index (Phi) is 3.17. The number of methoxy groups -OCH3 is 1. The van der Waals surface area contributed by atoms with Crippen LogP contribution in [0.15, 0.2) is 30.5 Å². The topological polar surface area (TPSA) is 55.2 Å². The van der Waals surface area contributed by atoms with Crippen LogP contribution < -0.4 is 4.74 Å². The van der Waals surface area contributed by atoms with Crippen molar-refractivity contribution in [2.75, 3.05) is 7.11 Å². The molecule has 2 aromatic rings. The SMILES string of the molecule is COc1ccc(-c2ncc(CO)c(C3CC3)n2)cc1. The van der Waals surface area contributed by atoms with Crippen LogP contribution in [0.2, 0.25) is 0 Å². The molecule has 1 aliphatic rings. The summed E-state index contributed by atoms with van der Waals surface area (Å²) in [4.78, 5) is 8.95. The Bertz CT molecular complexity index is 577. The van der Waals surface area contributed by atoms with E-state index in [9.17, 15) is 5.11 Å². The van der Waals surface area contributed by atoms with Gasteiger partial charge in [0.05, 0.1) is 19.4 Å². The van der Waals surface area contributed by atoms with Crippen molar-refractivity contribution in [3.63, 3.8) is 0 Å². The molecule has 4 heteroatoms. The third kappa shape index (κ3) is 2.44. The van der Waals surface area contributed by atoms with E-state index in [0.29, 0.717) is 11.7 Å². The van der Waals surface area contributed by atoms with Crippen molar-refractivity contribution >= 4 is 0 Å². The average molecular weight is 256 g/mol. The summed E-state index contributed by atoms with van der Waals surface area (Å²) < 4.78 is 5.14. The molecule has 0 saturated heterocycles. The molecule has 19 heavy (non-hydrogen) atoms. The summed E-state index contributed by atoms with van der Waals surface area (Å²) in [7, 11) is 1.65. The molecule has 98 valence electrons. The molecule has 0 unspecified atom stereocenters. The molecule has 4 nitrogen and oxygen atoms in total. The summed E-state index contributed by atoms with van der Waals surface area (Å²) in [5.41, 5.74) is 2.82. The number of aromatic nitrogens is 2. The lowest BCUT2D eigenvalue weighted by atomic mass is 10.1. The molecule has 1 aromatic carbocycles. The van der Waals surface area contributed by atoms with Crippen LogP contribution in [0.5, 0.6) is 5.75 Å². The molecule has 1 aliphatic carbocycles.